The van der Waals surface area contributed by atoms with E-state index in [1.807, 2.05) is 0 Å². The summed E-state index contributed by atoms with van der Waals surface area (Å²) in [6.45, 7) is 1.71. The lowest BCUT2D eigenvalue weighted by Gasteiger charge is -2.50. The van der Waals surface area contributed by atoms with Crippen LogP contribution in [0.1, 0.15) is 23.6 Å². The molecule has 172 valence electrons. The van der Waals surface area contributed by atoms with Crippen molar-refractivity contribution in [3.8, 4) is 11.5 Å². The van der Waals surface area contributed by atoms with Gasteiger partial charge in [0.25, 0.3) is 0 Å². The van der Waals surface area contributed by atoms with Gasteiger partial charge >= 0.3 is 0 Å². The maximum atomic E-state index is 6.80. The van der Waals surface area contributed by atoms with Crippen LogP contribution in [-0.4, -0.2) is 13.1 Å². The van der Waals surface area contributed by atoms with E-state index in [2.05, 4.69) is 107 Å². The fourth-order valence-corrected chi connectivity index (χ4v) is 6.67. The Labute approximate surface area is 208 Å². The van der Waals surface area contributed by atoms with Crippen molar-refractivity contribution in [3.05, 3.63) is 108 Å². The molecule has 3 aliphatic rings. The highest BCUT2D eigenvalue weighted by Gasteiger charge is 2.43. The summed E-state index contributed by atoms with van der Waals surface area (Å²) in [5.74, 6) is 1.92. The molecule has 9 rings (SSSR count). The van der Waals surface area contributed by atoms with Crippen molar-refractivity contribution < 1.29 is 9.47 Å². The molecule has 0 saturated heterocycles. The quantitative estimate of drug-likeness (QED) is 0.248. The third-order valence-electron chi connectivity index (χ3n) is 8.16. The van der Waals surface area contributed by atoms with Crippen LogP contribution in [0.25, 0.3) is 32.3 Å². The first-order valence-corrected chi connectivity index (χ1v) is 12.6. The van der Waals surface area contributed by atoms with Gasteiger partial charge in [-0.25, -0.2) is 0 Å². The van der Waals surface area contributed by atoms with Crippen LogP contribution in [0.3, 0.4) is 0 Å². The number of hydrogen-bond donors (Lipinski definition) is 0. The fourth-order valence-electron chi connectivity index (χ4n) is 6.67. The van der Waals surface area contributed by atoms with Crippen LogP contribution in [0.5, 0.6) is 11.5 Å². The molecule has 3 heterocycles. The zero-order chi connectivity index (χ0) is 23.4. The molecule has 0 aromatic heterocycles. The number of anilines is 2. The minimum atomic E-state index is -0.160. The van der Waals surface area contributed by atoms with Gasteiger partial charge in [-0.1, -0.05) is 84.9 Å². The molecule has 0 N–H and O–H groups in total. The Balaban J connectivity index is 1.43. The first-order valence-electron chi connectivity index (χ1n) is 12.6. The molecule has 0 amide bonds. The third-order valence-corrected chi connectivity index (χ3v) is 8.16. The van der Waals surface area contributed by atoms with E-state index in [0.29, 0.717) is 0 Å². The van der Waals surface area contributed by atoms with E-state index in [-0.39, 0.29) is 12.5 Å². The van der Waals surface area contributed by atoms with Crippen molar-refractivity contribution in [2.24, 2.45) is 0 Å². The summed E-state index contributed by atoms with van der Waals surface area (Å²) in [6, 6.07) is 34.4. The monoisotopic (exact) mass is 466 g/mol. The van der Waals surface area contributed by atoms with Gasteiger partial charge < -0.3 is 19.3 Å². The van der Waals surface area contributed by atoms with Crippen LogP contribution in [0.15, 0.2) is 97.1 Å². The molecule has 36 heavy (non-hydrogen) atoms. The van der Waals surface area contributed by atoms with Crippen molar-refractivity contribution in [1.82, 2.24) is 0 Å². The maximum Gasteiger partial charge on any atom is 0.199 e. The van der Waals surface area contributed by atoms with Crippen molar-refractivity contribution in [1.29, 1.82) is 0 Å². The van der Waals surface area contributed by atoms with Crippen LogP contribution in [0.2, 0.25) is 0 Å². The minimum Gasteiger partial charge on any atom is -0.466 e. The summed E-state index contributed by atoms with van der Waals surface area (Å²) in [5.41, 5.74) is 4.90. The Morgan fingerprint density at radius 2 is 0.889 bits per heavy atom. The van der Waals surface area contributed by atoms with E-state index in [1.165, 1.54) is 54.8 Å². The van der Waals surface area contributed by atoms with Crippen molar-refractivity contribution in [2.75, 3.05) is 22.9 Å². The molecule has 6 aromatic carbocycles. The van der Waals surface area contributed by atoms with Gasteiger partial charge in [0, 0.05) is 35.0 Å². The molecule has 0 bridgehead atoms. The Morgan fingerprint density at radius 1 is 0.472 bits per heavy atom. The van der Waals surface area contributed by atoms with Gasteiger partial charge in [0.2, 0.25) is 0 Å². The molecule has 3 aliphatic heterocycles. The van der Waals surface area contributed by atoms with Gasteiger partial charge in [0.15, 0.2) is 12.5 Å². The van der Waals surface area contributed by atoms with E-state index in [9.17, 15) is 0 Å². The van der Waals surface area contributed by atoms with Crippen LogP contribution >= 0.6 is 0 Å². The SMILES string of the molecule is c1ccc([C@H]2Oc3ccc4ccc5ccc6c7c8c(c3c4c57)N2CCN8[C@H](c2ccccc2)O6)cc1. The summed E-state index contributed by atoms with van der Waals surface area (Å²) in [7, 11) is 0. The normalized spacial score (nSPS) is 19.8. The van der Waals surface area contributed by atoms with Crippen LogP contribution in [-0.2, 0) is 0 Å². The molecular weight excluding hydrogens is 444 g/mol. The van der Waals surface area contributed by atoms with Crippen LogP contribution < -0.4 is 19.3 Å². The topological polar surface area (TPSA) is 24.9 Å². The van der Waals surface area contributed by atoms with Gasteiger partial charge in [0.1, 0.15) is 11.5 Å². The Bertz CT molecular complexity index is 1680. The average molecular weight is 467 g/mol. The molecule has 0 saturated carbocycles. The minimum absolute atomic E-state index is 0.160. The van der Waals surface area contributed by atoms with Crippen molar-refractivity contribution in [2.45, 2.75) is 12.5 Å². The first-order chi connectivity index (χ1) is 17.9. The second-order valence-electron chi connectivity index (χ2n) is 9.98. The molecule has 0 radical (unpaired) electrons. The molecule has 4 heteroatoms. The van der Waals surface area contributed by atoms with E-state index in [4.69, 9.17) is 9.47 Å². The standard InChI is InChI=1S/C32H22N2O2/c1-3-7-21(8-4-1)31-33-17-18-34-30-28-24(36-32(34)22-9-5-2-6-10-22)16-14-20-12-11-19-13-15-23(35-31)27(29(30)33)25(19)26(20)28/h1-16,31-32H,17-18H2/t31-,32+. The Hall–Kier alpha value is -4.44. The molecular formula is C32H22N2O2. The van der Waals surface area contributed by atoms with Gasteiger partial charge in [0.05, 0.1) is 22.1 Å². The molecule has 6 aromatic rings. The number of rotatable bonds is 2. The number of nitrogens with zero attached hydrogens (tertiary/aromatic N) is 2. The lowest BCUT2D eigenvalue weighted by atomic mass is 9.87. The lowest BCUT2D eigenvalue weighted by Crippen LogP contribution is -2.49. The summed E-state index contributed by atoms with van der Waals surface area (Å²) in [5, 5.41) is 7.49. The van der Waals surface area contributed by atoms with Crippen molar-refractivity contribution in [3.63, 3.8) is 0 Å². The highest BCUT2D eigenvalue weighted by molar-refractivity contribution is 6.33. The van der Waals surface area contributed by atoms with E-state index in [0.717, 1.165) is 24.6 Å². The summed E-state index contributed by atoms with van der Waals surface area (Å²) in [6.07, 6.45) is -0.321. The van der Waals surface area contributed by atoms with Crippen LogP contribution in [0.4, 0.5) is 11.4 Å². The molecule has 0 unspecified atom stereocenters. The predicted molar refractivity (Wildman–Crippen MR) is 144 cm³/mol. The van der Waals surface area contributed by atoms with Gasteiger partial charge in [-0.15, -0.1) is 0 Å². The number of benzene rings is 6. The Morgan fingerprint density at radius 3 is 1.33 bits per heavy atom. The summed E-state index contributed by atoms with van der Waals surface area (Å²) >= 11 is 0. The predicted octanol–water partition coefficient (Wildman–Crippen LogP) is 7.39. The summed E-state index contributed by atoms with van der Waals surface area (Å²) < 4.78 is 13.6. The number of hydrogen-bond acceptors (Lipinski definition) is 4. The zero-order valence-electron chi connectivity index (χ0n) is 19.5. The van der Waals surface area contributed by atoms with Gasteiger partial charge in [-0.2, -0.15) is 0 Å². The molecule has 0 aliphatic carbocycles. The highest BCUT2D eigenvalue weighted by Crippen LogP contribution is 2.60. The molecule has 0 fully saturated rings. The van der Waals surface area contributed by atoms with E-state index < -0.39 is 0 Å². The lowest BCUT2D eigenvalue weighted by molar-refractivity contribution is 0.177. The maximum absolute atomic E-state index is 6.80. The second kappa shape index (κ2) is 6.61. The highest BCUT2D eigenvalue weighted by atomic mass is 16.5. The third kappa shape index (κ3) is 2.25. The number of ether oxygens (including phenoxy) is 2. The second-order valence-corrected chi connectivity index (χ2v) is 9.98. The van der Waals surface area contributed by atoms with Gasteiger partial charge in [-0.05, 0) is 22.9 Å². The smallest absolute Gasteiger partial charge is 0.199 e. The first kappa shape index (κ1) is 18.8. The van der Waals surface area contributed by atoms with Gasteiger partial charge in [-0.3, -0.25) is 0 Å². The average Bonchev–Trinajstić information content (AvgIpc) is 2.96. The Kier molecular flexibility index (Phi) is 3.46. The van der Waals surface area contributed by atoms with E-state index >= 15 is 0 Å². The van der Waals surface area contributed by atoms with Crippen molar-refractivity contribution >= 4 is 43.7 Å². The molecule has 0 spiro atoms. The summed E-state index contributed by atoms with van der Waals surface area (Å²) in [4.78, 5) is 4.96. The molecule has 2 atom stereocenters. The molecule has 4 nitrogen and oxygen atoms in total. The zero-order valence-corrected chi connectivity index (χ0v) is 19.5. The fraction of sp³-hybridized carbons (Fsp3) is 0.125. The van der Waals surface area contributed by atoms with E-state index in [1.54, 1.807) is 0 Å². The largest absolute Gasteiger partial charge is 0.466 e. The van der Waals surface area contributed by atoms with Crippen LogP contribution in [0, 0.1) is 0 Å².